The second-order valence-corrected chi connectivity index (χ2v) is 3.57. The number of nitrogens with zero attached hydrogens (tertiary/aromatic N) is 1. The van der Waals surface area contributed by atoms with Crippen LogP contribution >= 0.6 is 34.8 Å². The Kier molecular flexibility index (Phi) is 3.42. The number of anilines is 1. The summed E-state index contributed by atoms with van der Waals surface area (Å²) in [7, 11) is 1.53. The van der Waals surface area contributed by atoms with E-state index in [1.165, 1.54) is 11.9 Å². The molecule has 0 unspecified atom stereocenters. The van der Waals surface area contributed by atoms with Gasteiger partial charge in [0.1, 0.15) is 0 Å². The van der Waals surface area contributed by atoms with E-state index in [9.17, 15) is 4.79 Å². The van der Waals surface area contributed by atoms with E-state index in [4.69, 9.17) is 34.8 Å². The summed E-state index contributed by atoms with van der Waals surface area (Å²) < 4.78 is 0. The van der Waals surface area contributed by atoms with Crippen LogP contribution in [0.1, 0.15) is 0 Å². The Bertz CT molecular complexity index is 340. The van der Waals surface area contributed by atoms with Crippen LogP contribution in [0.2, 0.25) is 10.0 Å². The van der Waals surface area contributed by atoms with Crippen LogP contribution in [-0.4, -0.2) is 12.4 Å². The average Bonchev–Trinajstić information content (AvgIpc) is 2.03. The standard InChI is InChI=1S/C8H6Cl3NO/c1-12(8(11)13)7-3-2-5(9)4-6(7)10/h2-4H,1H3. The summed E-state index contributed by atoms with van der Waals surface area (Å²) in [6.45, 7) is 0. The number of carbonyl (C=O) groups excluding carboxylic acids is 1. The molecule has 2 nitrogen and oxygen atoms in total. The molecule has 13 heavy (non-hydrogen) atoms. The first-order valence-corrected chi connectivity index (χ1v) is 4.54. The van der Waals surface area contributed by atoms with Crippen LogP contribution in [0.5, 0.6) is 0 Å². The molecule has 70 valence electrons. The van der Waals surface area contributed by atoms with Gasteiger partial charge in [0, 0.05) is 12.1 Å². The van der Waals surface area contributed by atoms with Crippen LogP contribution in [0.15, 0.2) is 18.2 Å². The molecule has 0 aliphatic heterocycles. The molecule has 0 N–H and O–H groups in total. The highest BCUT2D eigenvalue weighted by Gasteiger charge is 2.10. The van der Waals surface area contributed by atoms with E-state index in [1.807, 2.05) is 0 Å². The summed E-state index contributed by atoms with van der Waals surface area (Å²) in [5, 5.41) is 0.317. The van der Waals surface area contributed by atoms with Crippen LogP contribution in [0.3, 0.4) is 0 Å². The van der Waals surface area contributed by atoms with E-state index in [0.717, 1.165) is 0 Å². The molecule has 0 bridgehead atoms. The lowest BCUT2D eigenvalue weighted by Crippen LogP contribution is -2.19. The van der Waals surface area contributed by atoms with Crippen molar-refractivity contribution in [1.29, 1.82) is 0 Å². The Labute approximate surface area is 91.0 Å². The molecule has 0 heterocycles. The van der Waals surface area contributed by atoms with Gasteiger partial charge in [-0.2, -0.15) is 0 Å². The molecule has 0 aliphatic carbocycles. The van der Waals surface area contributed by atoms with E-state index >= 15 is 0 Å². The SMILES string of the molecule is CN(C(=O)Cl)c1ccc(Cl)cc1Cl. The van der Waals surface area contributed by atoms with E-state index < -0.39 is 5.37 Å². The Hall–Kier alpha value is -0.440. The predicted octanol–water partition coefficient (Wildman–Crippen LogP) is 3.79. The number of hydrogen-bond donors (Lipinski definition) is 0. The first-order valence-electron chi connectivity index (χ1n) is 3.40. The summed E-state index contributed by atoms with van der Waals surface area (Å²) in [5.41, 5.74) is 0.533. The smallest absolute Gasteiger partial charge is 0.300 e. The molecule has 0 saturated carbocycles. The van der Waals surface area contributed by atoms with E-state index in [-0.39, 0.29) is 0 Å². The minimum absolute atomic E-state index is 0.393. The van der Waals surface area contributed by atoms with Gasteiger partial charge in [0.05, 0.1) is 10.7 Å². The average molecular weight is 239 g/mol. The number of carbonyl (C=O) groups is 1. The van der Waals surface area contributed by atoms with Crippen molar-refractivity contribution >= 4 is 45.9 Å². The molecule has 0 aliphatic rings. The number of halogens is 3. The van der Waals surface area contributed by atoms with E-state index in [0.29, 0.717) is 15.7 Å². The van der Waals surface area contributed by atoms with Gasteiger partial charge in [0.25, 0.3) is 0 Å². The van der Waals surface area contributed by atoms with Crippen LogP contribution in [0.4, 0.5) is 10.5 Å². The largest absolute Gasteiger partial charge is 0.320 e. The third-order valence-electron chi connectivity index (χ3n) is 1.53. The zero-order chi connectivity index (χ0) is 10.0. The van der Waals surface area contributed by atoms with Crippen LogP contribution in [0, 0.1) is 0 Å². The molecule has 5 heteroatoms. The quantitative estimate of drug-likeness (QED) is 0.538. The second kappa shape index (κ2) is 4.18. The van der Waals surface area contributed by atoms with Crippen molar-refractivity contribution in [3.63, 3.8) is 0 Å². The molecular formula is C8H6Cl3NO. The molecule has 0 spiro atoms. The molecule has 0 saturated heterocycles. The second-order valence-electron chi connectivity index (χ2n) is 2.41. The Morgan fingerprint density at radius 3 is 2.46 bits per heavy atom. The Balaban J connectivity index is 3.08. The Morgan fingerprint density at radius 1 is 1.38 bits per heavy atom. The maximum Gasteiger partial charge on any atom is 0.320 e. The number of rotatable bonds is 1. The van der Waals surface area contributed by atoms with Gasteiger partial charge in [0.15, 0.2) is 0 Å². The van der Waals surface area contributed by atoms with Gasteiger partial charge in [-0.05, 0) is 29.8 Å². The molecule has 1 amide bonds. The molecule has 0 radical (unpaired) electrons. The molecule has 1 rings (SSSR count). The van der Waals surface area contributed by atoms with Gasteiger partial charge >= 0.3 is 5.37 Å². The lowest BCUT2D eigenvalue weighted by Gasteiger charge is -2.14. The Morgan fingerprint density at radius 2 is 2.00 bits per heavy atom. The fourth-order valence-electron chi connectivity index (χ4n) is 0.848. The van der Waals surface area contributed by atoms with Crippen molar-refractivity contribution in [2.45, 2.75) is 0 Å². The van der Waals surface area contributed by atoms with Crippen LogP contribution in [0.25, 0.3) is 0 Å². The molecule has 1 aromatic carbocycles. The van der Waals surface area contributed by atoms with Gasteiger partial charge in [-0.1, -0.05) is 23.2 Å². The molecule has 0 fully saturated rings. The third kappa shape index (κ3) is 2.50. The lowest BCUT2D eigenvalue weighted by atomic mass is 10.3. The highest BCUT2D eigenvalue weighted by molar-refractivity contribution is 6.66. The third-order valence-corrected chi connectivity index (χ3v) is 2.33. The number of amides is 1. The van der Waals surface area contributed by atoms with Crippen molar-refractivity contribution in [2.24, 2.45) is 0 Å². The predicted molar refractivity (Wildman–Crippen MR) is 56.1 cm³/mol. The highest BCUT2D eigenvalue weighted by atomic mass is 35.5. The van der Waals surface area contributed by atoms with Crippen molar-refractivity contribution in [3.05, 3.63) is 28.2 Å². The molecule has 0 atom stereocenters. The summed E-state index contributed by atoms with van der Waals surface area (Å²) in [5.74, 6) is 0. The monoisotopic (exact) mass is 237 g/mol. The van der Waals surface area contributed by atoms with Crippen LogP contribution in [-0.2, 0) is 0 Å². The number of benzene rings is 1. The number of hydrogen-bond acceptors (Lipinski definition) is 1. The fraction of sp³-hybridized carbons (Fsp3) is 0.125. The zero-order valence-corrected chi connectivity index (χ0v) is 8.99. The van der Waals surface area contributed by atoms with Crippen molar-refractivity contribution < 1.29 is 4.79 Å². The summed E-state index contributed by atoms with van der Waals surface area (Å²) in [6.07, 6.45) is 0. The van der Waals surface area contributed by atoms with Crippen molar-refractivity contribution in [2.75, 3.05) is 11.9 Å². The normalized spacial score (nSPS) is 9.85. The van der Waals surface area contributed by atoms with Gasteiger partial charge in [-0.15, -0.1) is 0 Å². The molecular weight excluding hydrogens is 232 g/mol. The van der Waals surface area contributed by atoms with Gasteiger partial charge in [0.2, 0.25) is 0 Å². The highest BCUT2D eigenvalue weighted by Crippen LogP contribution is 2.28. The van der Waals surface area contributed by atoms with Gasteiger partial charge in [-0.3, -0.25) is 4.79 Å². The summed E-state index contributed by atoms with van der Waals surface area (Å²) in [6, 6.07) is 4.82. The minimum atomic E-state index is -0.593. The topological polar surface area (TPSA) is 20.3 Å². The van der Waals surface area contributed by atoms with Crippen LogP contribution < -0.4 is 4.90 Å². The van der Waals surface area contributed by atoms with Crippen molar-refractivity contribution in [1.82, 2.24) is 0 Å². The molecule has 0 aromatic heterocycles. The van der Waals surface area contributed by atoms with Gasteiger partial charge < -0.3 is 4.90 Å². The van der Waals surface area contributed by atoms with Crippen molar-refractivity contribution in [3.8, 4) is 0 Å². The first-order chi connectivity index (χ1) is 6.02. The van der Waals surface area contributed by atoms with E-state index in [2.05, 4.69) is 0 Å². The zero-order valence-electron chi connectivity index (χ0n) is 6.72. The first kappa shape index (κ1) is 10.6. The summed E-state index contributed by atoms with van der Waals surface area (Å²) in [4.78, 5) is 12.0. The van der Waals surface area contributed by atoms with Gasteiger partial charge in [-0.25, -0.2) is 0 Å². The minimum Gasteiger partial charge on any atom is -0.300 e. The lowest BCUT2D eigenvalue weighted by molar-refractivity contribution is 0.265. The summed E-state index contributed by atoms with van der Waals surface area (Å²) >= 11 is 16.8. The van der Waals surface area contributed by atoms with E-state index in [1.54, 1.807) is 18.2 Å². The maximum absolute atomic E-state index is 10.8. The molecule has 1 aromatic rings. The maximum atomic E-state index is 10.8. The fourth-order valence-corrected chi connectivity index (χ4v) is 1.47.